The lowest BCUT2D eigenvalue weighted by Crippen LogP contribution is -2.42. The van der Waals surface area contributed by atoms with E-state index in [2.05, 4.69) is 4.90 Å². The summed E-state index contributed by atoms with van der Waals surface area (Å²) >= 11 is 0. The topological polar surface area (TPSA) is 92.5 Å². The van der Waals surface area contributed by atoms with Crippen LogP contribution in [-0.4, -0.2) is 72.1 Å². The second-order valence-corrected chi connectivity index (χ2v) is 8.15. The number of benzene rings is 1. The van der Waals surface area contributed by atoms with Crippen molar-refractivity contribution in [2.45, 2.75) is 26.0 Å². The lowest BCUT2D eigenvalue weighted by atomic mass is 9.99. The van der Waals surface area contributed by atoms with Crippen LogP contribution in [0.2, 0.25) is 0 Å². The van der Waals surface area contributed by atoms with Gasteiger partial charge in [0.05, 0.1) is 31.2 Å². The number of Topliss-reactive ketones (excluding diaryl/α,β-unsaturated/α-hetero) is 1. The van der Waals surface area contributed by atoms with Crippen LogP contribution in [0.5, 0.6) is 5.75 Å². The molecule has 1 aromatic carbocycles. The van der Waals surface area contributed by atoms with Gasteiger partial charge in [0, 0.05) is 31.7 Å². The zero-order valence-corrected chi connectivity index (χ0v) is 18.3. The van der Waals surface area contributed by atoms with Gasteiger partial charge in [-0.15, -0.1) is 0 Å². The molecule has 0 spiro atoms. The van der Waals surface area contributed by atoms with Crippen LogP contribution >= 0.6 is 0 Å². The predicted octanol–water partition coefficient (Wildman–Crippen LogP) is 2.82. The summed E-state index contributed by atoms with van der Waals surface area (Å²) in [6, 6.07) is 9.44. The van der Waals surface area contributed by atoms with Crippen molar-refractivity contribution in [2.75, 3.05) is 39.4 Å². The Hall–Kier alpha value is -3.10. The summed E-state index contributed by atoms with van der Waals surface area (Å²) < 4.78 is 16.6. The summed E-state index contributed by atoms with van der Waals surface area (Å²) in [4.78, 5) is 29.6. The molecule has 8 heteroatoms. The molecule has 32 heavy (non-hydrogen) atoms. The smallest absolute Gasteiger partial charge is 0.295 e. The van der Waals surface area contributed by atoms with Crippen LogP contribution in [0.3, 0.4) is 0 Å². The molecule has 8 nitrogen and oxygen atoms in total. The van der Waals surface area contributed by atoms with Crippen molar-refractivity contribution in [1.82, 2.24) is 9.80 Å². The van der Waals surface area contributed by atoms with E-state index in [0.29, 0.717) is 43.4 Å². The average molecular weight is 440 g/mol. The monoisotopic (exact) mass is 440 g/mol. The van der Waals surface area contributed by atoms with E-state index in [9.17, 15) is 14.7 Å². The van der Waals surface area contributed by atoms with Gasteiger partial charge < -0.3 is 23.9 Å². The maximum Gasteiger partial charge on any atom is 0.295 e. The fourth-order valence-corrected chi connectivity index (χ4v) is 4.05. The lowest BCUT2D eigenvalue weighted by molar-refractivity contribution is -0.140. The highest BCUT2D eigenvalue weighted by atomic mass is 16.5. The summed E-state index contributed by atoms with van der Waals surface area (Å²) in [7, 11) is 0. The van der Waals surface area contributed by atoms with E-state index in [4.69, 9.17) is 13.9 Å². The van der Waals surface area contributed by atoms with E-state index in [1.807, 2.05) is 13.8 Å². The summed E-state index contributed by atoms with van der Waals surface area (Å²) in [6.07, 6.45) is 1.51. The number of aliphatic hydroxyl groups is 1. The van der Waals surface area contributed by atoms with Crippen LogP contribution in [-0.2, 0) is 14.3 Å². The maximum atomic E-state index is 13.0. The molecule has 1 atom stereocenters. The molecule has 4 rings (SSSR count). The minimum atomic E-state index is -0.780. The Morgan fingerprint density at radius 1 is 1.12 bits per heavy atom. The average Bonchev–Trinajstić information content (AvgIpc) is 3.40. The van der Waals surface area contributed by atoms with Crippen molar-refractivity contribution < 1.29 is 28.6 Å². The first kappa shape index (κ1) is 22.1. The Morgan fingerprint density at radius 3 is 2.47 bits per heavy atom. The zero-order chi connectivity index (χ0) is 22.7. The van der Waals surface area contributed by atoms with Crippen LogP contribution in [0.1, 0.15) is 31.2 Å². The highest BCUT2D eigenvalue weighted by molar-refractivity contribution is 6.46. The molecule has 3 heterocycles. The number of carbonyl (C=O) groups is 2. The Morgan fingerprint density at radius 2 is 1.84 bits per heavy atom. The van der Waals surface area contributed by atoms with Gasteiger partial charge in [-0.25, -0.2) is 0 Å². The largest absolute Gasteiger partial charge is 0.507 e. The number of amides is 1. The van der Waals surface area contributed by atoms with Crippen molar-refractivity contribution in [3.8, 4) is 5.75 Å². The van der Waals surface area contributed by atoms with Crippen molar-refractivity contribution in [2.24, 2.45) is 0 Å². The van der Waals surface area contributed by atoms with Crippen LogP contribution in [0, 0.1) is 0 Å². The van der Waals surface area contributed by atoms with Crippen molar-refractivity contribution in [3.05, 3.63) is 59.6 Å². The Labute approximate surface area is 187 Å². The molecule has 1 N–H and O–H groups in total. The molecule has 2 saturated heterocycles. The number of hydrogen-bond donors (Lipinski definition) is 1. The van der Waals surface area contributed by atoms with Crippen LogP contribution in [0.4, 0.5) is 0 Å². The summed E-state index contributed by atoms with van der Waals surface area (Å²) in [6.45, 7) is 7.65. The molecule has 1 amide bonds. The molecule has 2 aromatic rings. The van der Waals surface area contributed by atoms with Gasteiger partial charge in [0.15, 0.2) is 0 Å². The minimum absolute atomic E-state index is 0.0187. The number of aliphatic hydroxyl groups excluding tert-OH is 1. The predicted molar refractivity (Wildman–Crippen MR) is 117 cm³/mol. The number of nitrogens with zero attached hydrogens (tertiary/aromatic N) is 2. The Kier molecular flexibility index (Phi) is 6.62. The van der Waals surface area contributed by atoms with E-state index in [1.54, 1.807) is 36.4 Å². The fourth-order valence-electron chi connectivity index (χ4n) is 4.05. The Balaban J connectivity index is 1.64. The maximum absolute atomic E-state index is 13.0. The number of rotatable bonds is 7. The Bertz CT molecular complexity index is 974. The van der Waals surface area contributed by atoms with Crippen molar-refractivity contribution >= 4 is 17.4 Å². The summed E-state index contributed by atoms with van der Waals surface area (Å²) in [5, 5.41) is 11.1. The van der Waals surface area contributed by atoms with E-state index in [0.717, 1.165) is 13.1 Å². The third-order valence-electron chi connectivity index (χ3n) is 5.61. The molecular formula is C24H28N2O6. The van der Waals surface area contributed by atoms with Crippen LogP contribution in [0.15, 0.2) is 52.7 Å². The van der Waals surface area contributed by atoms with Gasteiger partial charge >= 0.3 is 0 Å². The number of hydrogen-bond acceptors (Lipinski definition) is 7. The first-order chi connectivity index (χ1) is 15.5. The van der Waals surface area contributed by atoms with Gasteiger partial charge in [-0.2, -0.15) is 0 Å². The number of ketones is 1. The molecule has 0 radical (unpaired) electrons. The molecule has 0 saturated carbocycles. The standard InChI is InChI=1S/C24H28N2O6/c1-16(2)32-18-7-5-17(6-8-18)22(27)20-21(19-4-3-13-31-19)26(24(29)23(20)28)10-9-25-11-14-30-15-12-25/h3-8,13,16,21,27H,9-12,14-15H2,1-2H3/b22-20+/t21-/m0/s1. The van der Waals surface area contributed by atoms with Crippen LogP contribution < -0.4 is 4.74 Å². The summed E-state index contributed by atoms with van der Waals surface area (Å²) in [5.74, 6) is -0.485. The third-order valence-corrected chi connectivity index (χ3v) is 5.61. The van der Waals surface area contributed by atoms with Gasteiger partial charge in [0.1, 0.15) is 23.3 Å². The molecule has 170 valence electrons. The van der Waals surface area contributed by atoms with E-state index in [-0.39, 0.29) is 17.4 Å². The normalized spacial score (nSPS) is 21.5. The second-order valence-electron chi connectivity index (χ2n) is 8.15. The molecule has 0 unspecified atom stereocenters. The first-order valence-corrected chi connectivity index (χ1v) is 10.8. The number of carbonyl (C=O) groups excluding carboxylic acids is 2. The molecule has 2 aliphatic heterocycles. The zero-order valence-electron chi connectivity index (χ0n) is 18.3. The van der Waals surface area contributed by atoms with Crippen molar-refractivity contribution in [3.63, 3.8) is 0 Å². The van der Waals surface area contributed by atoms with Gasteiger partial charge in [-0.1, -0.05) is 0 Å². The highest BCUT2D eigenvalue weighted by Gasteiger charge is 2.47. The summed E-state index contributed by atoms with van der Waals surface area (Å²) in [5.41, 5.74) is 0.466. The minimum Gasteiger partial charge on any atom is -0.507 e. The van der Waals surface area contributed by atoms with E-state index < -0.39 is 17.7 Å². The van der Waals surface area contributed by atoms with E-state index >= 15 is 0 Å². The van der Waals surface area contributed by atoms with Gasteiger partial charge in [-0.3, -0.25) is 14.5 Å². The van der Waals surface area contributed by atoms with Gasteiger partial charge in [0.25, 0.3) is 11.7 Å². The second kappa shape index (κ2) is 9.58. The SMILES string of the molecule is CC(C)Oc1ccc(/C(O)=C2\C(=O)C(=O)N(CCN3CCOCC3)[C@H]2c2ccco2)cc1. The molecule has 2 aliphatic rings. The molecule has 0 aliphatic carbocycles. The van der Waals surface area contributed by atoms with Gasteiger partial charge in [0.2, 0.25) is 0 Å². The number of morpholine rings is 1. The fraction of sp³-hybridized carbons (Fsp3) is 0.417. The number of ether oxygens (including phenoxy) is 2. The highest BCUT2D eigenvalue weighted by Crippen LogP contribution is 2.39. The van der Waals surface area contributed by atoms with Gasteiger partial charge in [-0.05, 0) is 50.2 Å². The third kappa shape index (κ3) is 4.56. The van der Waals surface area contributed by atoms with Crippen molar-refractivity contribution in [1.29, 1.82) is 0 Å². The molecule has 2 fully saturated rings. The molecule has 1 aromatic heterocycles. The number of furan rings is 1. The molecular weight excluding hydrogens is 412 g/mol. The number of likely N-dealkylation sites (tertiary alicyclic amines) is 1. The molecule has 0 bridgehead atoms. The van der Waals surface area contributed by atoms with Crippen LogP contribution in [0.25, 0.3) is 5.76 Å². The lowest BCUT2D eigenvalue weighted by Gasteiger charge is -2.30. The first-order valence-electron chi connectivity index (χ1n) is 10.8. The van der Waals surface area contributed by atoms with E-state index in [1.165, 1.54) is 11.2 Å². The quantitative estimate of drug-likeness (QED) is 0.402.